The molecule has 0 aliphatic heterocycles. The molecule has 0 saturated carbocycles. The van der Waals surface area contributed by atoms with E-state index in [4.69, 9.17) is 4.18 Å². The van der Waals surface area contributed by atoms with Crippen LogP contribution in [0.25, 0.3) is 0 Å². The summed E-state index contributed by atoms with van der Waals surface area (Å²) in [6, 6.07) is 0. The second kappa shape index (κ2) is 6.19. The first kappa shape index (κ1) is 16.4. The zero-order valence-electron chi connectivity index (χ0n) is 11.4. The summed E-state index contributed by atoms with van der Waals surface area (Å²) >= 11 is 0. The Morgan fingerprint density at radius 2 is 1.89 bits per heavy atom. The first-order valence-electron chi connectivity index (χ1n) is 6.04. The molecule has 0 spiro atoms. The fourth-order valence-electron chi connectivity index (χ4n) is 1.92. The molecule has 19 heavy (non-hydrogen) atoms. The minimum Gasteiger partial charge on any atom is -0.270 e. The Balaban J connectivity index is 2.56. The van der Waals surface area contributed by atoms with Crippen molar-refractivity contribution in [2.45, 2.75) is 25.5 Å². The van der Waals surface area contributed by atoms with Gasteiger partial charge in [-0.3, -0.25) is 4.18 Å². The van der Waals surface area contributed by atoms with E-state index < -0.39 is 25.2 Å². The van der Waals surface area contributed by atoms with Crippen molar-refractivity contribution in [2.75, 3.05) is 18.6 Å². The van der Waals surface area contributed by atoms with Crippen LogP contribution in [0.2, 0.25) is 0 Å². The predicted molar refractivity (Wildman–Crippen MR) is 75.0 cm³/mol. The van der Waals surface area contributed by atoms with Crippen molar-refractivity contribution >= 4 is 20.0 Å². The van der Waals surface area contributed by atoms with Gasteiger partial charge in [-0.15, -0.1) is 0 Å². The molecule has 0 bridgehead atoms. The lowest BCUT2D eigenvalue weighted by atomic mass is 9.98. The van der Waals surface area contributed by atoms with Crippen molar-refractivity contribution in [3.63, 3.8) is 0 Å². The Bertz CT molecular complexity index is 569. The van der Waals surface area contributed by atoms with Gasteiger partial charge in [0.1, 0.15) is 15.1 Å². The third kappa shape index (κ3) is 5.46. The summed E-state index contributed by atoms with van der Waals surface area (Å²) in [5.74, 6) is -0.220. The first-order chi connectivity index (χ1) is 8.62. The van der Waals surface area contributed by atoms with Crippen molar-refractivity contribution in [1.29, 1.82) is 0 Å². The zero-order valence-corrected chi connectivity index (χ0v) is 13.0. The Hall–Kier alpha value is -0.660. The van der Waals surface area contributed by atoms with Crippen molar-refractivity contribution < 1.29 is 21.0 Å². The van der Waals surface area contributed by atoms with E-state index in [1.807, 2.05) is 19.9 Å². The number of hydrogen-bond donors (Lipinski definition) is 0. The summed E-state index contributed by atoms with van der Waals surface area (Å²) in [4.78, 5) is 0. The molecule has 0 fully saturated rings. The van der Waals surface area contributed by atoms with Crippen LogP contribution in [0.1, 0.15) is 20.3 Å². The molecule has 0 N–H and O–H groups in total. The van der Waals surface area contributed by atoms with Crippen LogP contribution in [-0.2, 0) is 24.1 Å². The Morgan fingerprint density at radius 1 is 1.26 bits per heavy atom. The molecule has 0 saturated heterocycles. The third-order valence-corrected chi connectivity index (χ3v) is 5.61. The van der Waals surface area contributed by atoms with Crippen molar-refractivity contribution in [3.05, 3.63) is 23.8 Å². The molecule has 2 atom stereocenters. The molecule has 110 valence electrons. The molecule has 0 aromatic heterocycles. The van der Waals surface area contributed by atoms with Gasteiger partial charge in [0.05, 0.1) is 12.4 Å². The molecule has 0 heterocycles. The SMILES string of the molecule is CC1=CC(C)C(S(=O)(=O)OCCCS(C)(=O)=O)C=C1. The molecule has 0 aromatic rings. The molecule has 2 unspecified atom stereocenters. The summed E-state index contributed by atoms with van der Waals surface area (Å²) in [6.45, 7) is 3.62. The van der Waals surface area contributed by atoms with Gasteiger partial charge in [0, 0.05) is 6.26 Å². The predicted octanol–water partition coefficient (Wildman–Crippen LogP) is 1.29. The Morgan fingerprint density at radius 3 is 2.42 bits per heavy atom. The lowest BCUT2D eigenvalue weighted by Crippen LogP contribution is -2.29. The maximum atomic E-state index is 12.0. The molecule has 5 nitrogen and oxygen atoms in total. The summed E-state index contributed by atoms with van der Waals surface area (Å²) in [7, 11) is -6.78. The van der Waals surface area contributed by atoms with Crippen LogP contribution in [-0.4, -0.2) is 40.7 Å². The van der Waals surface area contributed by atoms with E-state index in [0.29, 0.717) is 0 Å². The van der Waals surface area contributed by atoms with Crippen LogP contribution < -0.4 is 0 Å². The van der Waals surface area contributed by atoms with E-state index in [9.17, 15) is 16.8 Å². The van der Waals surface area contributed by atoms with Crippen LogP contribution in [0, 0.1) is 5.92 Å². The van der Waals surface area contributed by atoms with Crippen LogP contribution in [0.3, 0.4) is 0 Å². The molecule has 0 aromatic carbocycles. The van der Waals surface area contributed by atoms with E-state index in [1.165, 1.54) is 0 Å². The normalized spacial score (nSPS) is 24.3. The second-order valence-electron chi connectivity index (χ2n) is 4.89. The fourth-order valence-corrected chi connectivity index (χ4v) is 3.95. The highest BCUT2D eigenvalue weighted by molar-refractivity contribution is 7.90. The first-order valence-corrected chi connectivity index (χ1v) is 9.57. The number of allylic oxidation sites excluding steroid dienone is 3. The molecule has 1 rings (SSSR count). The summed E-state index contributed by atoms with van der Waals surface area (Å²) in [6.07, 6.45) is 6.54. The van der Waals surface area contributed by atoms with E-state index >= 15 is 0 Å². The summed E-state index contributed by atoms with van der Waals surface area (Å²) < 4.78 is 50.7. The molecular weight excluding hydrogens is 288 g/mol. The maximum Gasteiger partial charge on any atom is 0.274 e. The number of sulfone groups is 1. The van der Waals surface area contributed by atoms with Gasteiger partial charge in [-0.05, 0) is 19.3 Å². The van der Waals surface area contributed by atoms with Crippen molar-refractivity contribution in [3.8, 4) is 0 Å². The smallest absolute Gasteiger partial charge is 0.270 e. The monoisotopic (exact) mass is 308 g/mol. The topological polar surface area (TPSA) is 77.5 Å². The highest BCUT2D eigenvalue weighted by Crippen LogP contribution is 2.23. The fraction of sp³-hybridized carbons (Fsp3) is 0.667. The van der Waals surface area contributed by atoms with Crippen LogP contribution in [0.5, 0.6) is 0 Å². The van der Waals surface area contributed by atoms with E-state index in [1.54, 1.807) is 12.2 Å². The van der Waals surface area contributed by atoms with Crippen molar-refractivity contribution in [1.82, 2.24) is 0 Å². The average molecular weight is 308 g/mol. The van der Waals surface area contributed by atoms with E-state index in [0.717, 1.165) is 11.8 Å². The second-order valence-corrected chi connectivity index (χ2v) is 8.92. The van der Waals surface area contributed by atoms with Crippen LogP contribution in [0.4, 0.5) is 0 Å². The lowest BCUT2D eigenvalue weighted by molar-refractivity contribution is 0.311. The molecular formula is C12H20O5S2. The molecule has 0 radical (unpaired) electrons. The number of rotatable bonds is 6. The van der Waals surface area contributed by atoms with Gasteiger partial charge >= 0.3 is 0 Å². The van der Waals surface area contributed by atoms with Gasteiger partial charge in [0.15, 0.2) is 0 Å². The molecule has 7 heteroatoms. The van der Waals surface area contributed by atoms with Gasteiger partial charge < -0.3 is 0 Å². The minimum atomic E-state index is -3.70. The lowest BCUT2D eigenvalue weighted by Gasteiger charge is -2.21. The highest BCUT2D eigenvalue weighted by Gasteiger charge is 2.30. The van der Waals surface area contributed by atoms with E-state index in [-0.39, 0.29) is 24.7 Å². The standard InChI is InChI=1S/C12H20O5S2/c1-10-5-6-12(11(2)9-10)19(15,16)17-7-4-8-18(3,13)14/h5-6,9,11-12H,4,7-8H2,1-3H3. The van der Waals surface area contributed by atoms with Gasteiger partial charge in [-0.2, -0.15) is 8.42 Å². The van der Waals surface area contributed by atoms with Gasteiger partial charge in [0.25, 0.3) is 10.1 Å². The molecule has 1 aliphatic rings. The summed E-state index contributed by atoms with van der Waals surface area (Å²) in [5, 5.41) is -0.700. The van der Waals surface area contributed by atoms with Crippen LogP contribution >= 0.6 is 0 Å². The quantitative estimate of drug-likeness (QED) is 0.546. The molecule has 1 aliphatic carbocycles. The van der Waals surface area contributed by atoms with E-state index in [2.05, 4.69) is 0 Å². The average Bonchev–Trinajstić information content (AvgIpc) is 2.22. The largest absolute Gasteiger partial charge is 0.274 e. The Labute approximate surface area is 115 Å². The zero-order chi connectivity index (χ0) is 14.7. The summed E-state index contributed by atoms with van der Waals surface area (Å²) in [5.41, 5.74) is 1.02. The maximum absolute atomic E-state index is 12.0. The van der Waals surface area contributed by atoms with Crippen LogP contribution in [0.15, 0.2) is 23.8 Å². The third-order valence-electron chi connectivity index (χ3n) is 2.83. The van der Waals surface area contributed by atoms with Gasteiger partial charge in [0.2, 0.25) is 0 Å². The van der Waals surface area contributed by atoms with Crippen molar-refractivity contribution in [2.24, 2.45) is 5.92 Å². The van der Waals surface area contributed by atoms with Gasteiger partial charge in [-0.1, -0.05) is 30.7 Å². The number of hydrogen-bond acceptors (Lipinski definition) is 5. The highest BCUT2D eigenvalue weighted by atomic mass is 32.2. The van der Waals surface area contributed by atoms with Gasteiger partial charge in [-0.25, -0.2) is 8.42 Å². The molecule has 0 amide bonds. The Kier molecular flexibility index (Phi) is 5.34. The minimum absolute atomic E-state index is 0.0718.